The average Bonchev–Trinajstić information content (AvgIpc) is 3.20. The summed E-state index contributed by atoms with van der Waals surface area (Å²) < 4.78 is 5.67. The topological polar surface area (TPSA) is 50.8 Å². The molecule has 17 heavy (non-hydrogen) atoms. The summed E-state index contributed by atoms with van der Waals surface area (Å²) in [5.74, 6) is 0.701. The Hall–Kier alpha value is -0.420. The SMILES string of the molecule is CSC1(CN=C(N)N(C)C2CC2)CCOCC1. The van der Waals surface area contributed by atoms with Crippen molar-refractivity contribution in [2.75, 3.05) is 33.1 Å². The van der Waals surface area contributed by atoms with Crippen molar-refractivity contribution in [3.05, 3.63) is 0 Å². The van der Waals surface area contributed by atoms with Crippen molar-refractivity contribution in [1.82, 2.24) is 4.90 Å². The molecule has 1 aliphatic carbocycles. The summed E-state index contributed by atoms with van der Waals surface area (Å²) in [7, 11) is 2.05. The molecule has 5 heteroatoms. The molecule has 1 aliphatic heterocycles. The second-order valence-corrected chi connectivity index (χ2v) is 6.29. The van der Waals surface area contributed by atoms with Crippen LogP contribution in [-0.2, 0) is 4.74 Å². The van der Waals surface area contributed by atoms with Crippen LogP contribution in [0.4, 0.5) is 0 Å². The van der Waals surface area contributed by atoms with Gasteiger partial charge in [0, 0.05) is 31.1 Å². The van der Waals surface area contributed by atoms with Crippen molar-refractivity contribution in [2.45, 2.75) is 36.5 Å². The molecule has 2 rings (SSSR count). The van der Waals surface area contributed by atoms with Gasteiger partial charge in [-0.3, -0.25) is 4.99 Å². The number of nitrogens with two attached hydrogens (primary N) is 1. The smallest absolute Gasteiger partial charge is 0.191 e. The lowest BCUT2D eigenvalue weighted by molar-refractivity contribution is 0.0794. The van der Waals surface area contributed by atoms with Gasteiger partial charge in [-0.05, 0) is 31.9 Å². The molecular formula is C12H23N3OS. The van der Waals surface area contributed by atoms with Crippen LogP contribution in [0.25, 0.3) is 0 Å². The monoisotopic (exact) mass is 257 g/mol. The van der Waals surface area contributed by atoms with E-state index in [-0.39, 0.29) is 4.75 Å². The molecule has 0 bridgehead atoms. The van der Waals surface area contributed by atoms with Gasteiger partial charge in [-0.15, -0.1) is 0 Å². The van der Waals surface area contributed by atoms with E-state index in [9.17, 15) is 0 Å². The molecule has 0 aromatic rings. The molecule has 0 aromatic carbocycles. The number of ether oxygens (including phenoxy) is 1. The van der Waals surface area contributed by atoms with Crippen LogP contribution in [0.3, 0.4) is 0 Å². The number of hydrogen-bond acceptors (Lipinski definition) is 3. The van der Waals surface area contributed by atoms with Gasteiger partial charge < -0.3 is 15.4 Å². The third-order valence-electron chi connectivity index (χ3n) is 3.82. The lowest BCUT2D eigenvalue weighted by atomic mass is 9.99. The Balaban J connectivity index is 1.91. The first kappa shape index (κ1) is 13.0. The summed E-state index contributed by atoms with van der Waals surface area (Å²) in [4.78, 5) is 6.71. The summed E-state index contributed by atoms with van der Waals surface area (Å²) in [6, 6.07) is 0.638. The van der Waals surface area contributed by atoms with Crippen molar-refractivity contribution in [1.29, 1.82) is 0 Å². The van der Waals surface area contributed by atoms with Crippen LogP contribution in [0.15, 0.2) is 4.99 Å². The first-order valence-electron chi connectivity index (χ1n) is 6.32. The van der Waals surface area contributed by atoms with Gasteiger partial charge in [0.05, 0.1) is 6.54 Å². The second-order valence-electron chi connectivity index (χ2n) is 5.02. The fourth-order valence-electron chi connectivity index (χ4n) is 2.16. The molecule has 0 atom stereocenters. The Morgan fingerprint density at radius 1 is 1.47 bits per heavy atom. The summed E-state index contributed by atoms with van der Waals surface area (Å²) in [6.07, 6.45) is 6.85. The molecule has 1 saturated carbocycles. The molecule has 0 unspecified atom stereocenters. The van der Waals surface area contributed by atoms with E-state index in [1.807, 2.05) is 18.8 Å². The molecule has 1 heterocycles. The Kier molecular flexibility index (Phi) is 4.20. The van der Waals surface area contributed by atoms with E-state index in [2.05, 4.69) is 16.1 Å². The van der Waals surface area contributed by atoms with Gasteiger partial charge in [0.1, 0.15) is 0 Å². The quantitative estimate of drug-likeness (QED) is 0.609. The van der Waals surface area contributed by atoms with Crippen molar-refractivity contribution >= 4 is 17.7 Å². The van der Waals surface area contributed by atoms with Gasteiger partial charge in [0.25, 0.3) is 0 Å². The molecule has 2 fully saturated rings. The minimum atomic E-state index is 0.243. The minimum absolute atomic E-state index is 0.243. The summed E-state index contributed by atoms with van der Waals surface area (Å²) in [5.41, 5.74) is 6.02. The van der Waals surface area contributed by atoms with Crippen LogP contribution in [0.1, 0.15) is 25.7 Å². The number of hydrogen-bond donors (Lipinski definition) is 1. The fourth-order valence-corrected chi connectivity index (χ4v) is 2.92. The standard InChI is InChI=1S/C12H23N3OS/c1-15(10-3-4-10)11(13)14-9-12(17-2)5-7-16-8-6-12/h10H,3-9H2,1-2H3,(H2,13,14). The molecule has 0 amide bonds. The molecule has 0 aromatic heterocycles. The second kappa shape index (κ2) is 5.48. The summed E-state index contributed by atoms with van der Waals surface area (Å²) in [6.45, 7) is 2.53. The highest BCUT2D eigenvalue weighted by Crippen LogP contribution is 2.34. The van der Waals surface area contributed by atoms with Crippen LogP contribution in [0, 0.1) is 0 Å². The maximum absolute atomic E-state index is 6.02. The zero-order valence-corrected chi connectivity index (χ0v) is 11.6. The van der Waals surface area contributed by atoms with E-state index in [0.717, 1.165) is 32.6 Å². The zero-order chi connectivity index (χ0) is 12.3. The van der Waals surface area contributed by atoms with E-state index in [1.165, 1.54) is 12.8 Å². The highest BCUT2D eigenvalue weighted by atomic mass is 32.2. The van der Waals surface area contributed by atoms with Crippen LogP contribution in [0.2, 0.25) is 0 Å². The Morgan fingerprint density at radius 2 is 2.12 bits per heavy atom. The largest absolute Gasteiger partial charge is 0.381 e. The van der Waals surface area contributed by atoms with Crippen molar-refractivity contribution < 1.29 is 4.74 Å². The van der Waals surface area contributed by atoms with E-state index in [0.29, 0.717) is 12.0 Å². The van der Waals surface area contributed by atoms with E-state index in [4.69, 9.17) is 10.5 Å². The van der Waals surface area contributed by atoms with Crippen molar-refractivity contribution in [3.63, 3.8) is 0 Å². The summed E-state index contributed by atoms with van der Waals surface area (Å²) >= 11 is 1.91. The van der Waals surface area contributed by atoms with E-state index < -0.39 is 0 Å². The van der Waals surface area contributed by atoms with Crippen molar-refractivity contribution in [3.8, 4) is 0 Å². The highest BCUT2D eigenvalue weighted by molar-refractivity contribution is 8.00. The molecule has 1 saturated heterocycles. The van der Waals surface area contributed by atoms with Crippen LogP contribution in [-0.4, -0.2) is 54.7 Å². The highest BCUT2D eigenvalue weighted by Gasteiger charge is 2.32. The third-order valence-corrected chi connectivity index (χ3v) is 5.23. The normalized spacial score (nSPS) is 24.7. The number of rotatable bonds is 4. The number of thioether (sulfide) groups is 1. The Bertz CT molecular complexity index is 285. The number of aliphatic imine (C=N–C) groups is 1. The lowest BCUT2D eigenvalue weighted by Crippen LogP contribution is -2.40. The summed E-state index contributed by atoms with van der Waals surface area (Å²) in [5, 5.41) is 0. The lowest BCUT2D eigenvalue weighted by Gasteiger charge is -2.34. The van der Waals surface area contributed by atoms with Gasteiger partial charge in [0.2, 0.25) is 0 Å². The van der Waals surface area contributed by atoms with E-state index in [1.54, 1.807) is 0 Å². The number of nitrogens with zero attached hydrogens (tertiary/aromatic N) is 2. The maximum Gasteiger partial charge on any atom is 0.191 e. The molecule has 2 N–H and O–H groups in total. The van der Waals surface area contributed by atoms with Crippen LogP contribution >= 0.6 is 11.8 Å². The van der Waals surface area contributed by atoms with Crippen LogP contribution < -0.4 is 5.73 Å². The van der Waals surface area contributed by atoms with Gasteiger partial charge in [-0.25, -0.2) is 0 Å². The fraction of sp³-hybridized carbons (Fsp3) is 0.917. The van der Waals surface area contributed by atoms with E-state index >= 15 is 0 Å². The first-order chi connectivity index (χ1) is 8.17. The van der Waals surface area contributed by atoms with Crippen molar-refractivity contribution in [2.24, 2.45) is 10.7 Å². The molecule has 0 radical (unpaired) electrons. The first-order valence-corrected chi connectivity index (χ1v) is 7.55. The maximum atomic E-state index is 6.02. The molecule has 4 nitrogen and oxygen atoms in total. The van der Waals surface area contributed by atoms with Crippen LogP contribution in [0.5, 0.6) is 0 Å². The predicted molar refractivity (Wildman–Crippen MR) is 73.6 cm³/mol. The van der Waals surface area contributed by atoms with Gasteiger partial charge in [-0.1, -0.05) is 0 Å². The van der Waals surface area contributed by atoms with Gasteiger partial charge in [-0.2, -0.15) is 11.8 Å². The van der Waals surface area contributed by atoms with Gasteiger partial charge >= 0.3 is 0 Å². The molecule has 0 spiro atoms. The third kappa shape index (κ3) is 3.28. The Morgan fingerprint density at radius 3 is 2.65 bits per heavy atom. The average molecular weight is 257 g/mol. The number of guanidine groups is 1. The Labute approximate surface area is 108 Å². The molecular weight excluding hydrogens is 234 g/mol. The molecule has 2 aliphatic rings. The zero-order valence-electron chi connectivity index (χ0n) is 10.8. The minimum Gasteiger partial charge on any atom is -0.381 e. The molecule has 98 valence electrons. The predicted octanol–water partition coefficient (Wildman–Crippen LogP) is 1.31. The van der Waals surface area contributed by atoms with Gasteiger partial charge in [0.15, 0.2) is 5.96 Å².